The highest BCUT2D eigenvalue weighted by molar-refractivity contribution is 7.10. The Labute approximate surface area is 83.4 Å². The van der Waals surface area contributed by atoms with E-state index in [1.54, 1.807) is 11.3 Å². The minimum atomic E-state index is 0.0454. The summed E-state index contributed by atoms with van der Waals surface area (Å²) in [7, 11) is 0. The third-order valence-corrected chi connectivity index (χ3v) is 3.06. The van der Waals surface area contributed by atoms with E-state index in [9.17, 15) is 0 Å². The Morgan fingerprint density at radius 1 is 1.54 bits per heavy atom. The molecule has 0 fully saturated rings. The summed E-state index contributed by atoms with van der Waals surface area (Å²) in [5.74, 6) is 0. The predicted molar refractivity (Wildman–Crippen MR) is 56.6 cm³/mol. The molecule has 0 aliphatic carbocycles. The van der Waals surface area contributed by atoms with Crippen LogP contribution in [0.4, 0.5) is 0 Å². The Bertz CT molecular complexity index is 275. The van der Waals surface area contributed by atoms with E-state index in [1.807, 2.05) is 11.4 Å². The average molecular weight is 199 g/mol. The second-order valence-corrected chi connectivity index (χ2v) is 5.34. The molecule has 1 rings (SSSR count). The molecule has 13 heavy (non-hydrogen) atoms. The van der Waals surface area contributed by atoms with Crippen LogP contribution in [0.2, 0.25) is 0 Å². The van der Waals surface area contributed by atoms with E-state index in [1.165, 1.54) is 0 Å². The van der Waals surface area contributed by atoms with E-state index in [0.717, 1.165) is 10.4 Å². The van der Waals surface area contributed by atoms with Crippen molar-refractivity contribution in [2.24, 2.45) is 11.1 Å². The number of thiophene rings is 1. The van der Waals surface area contributed by atoms with Crippen LogP contribution in [0.15, 0.2) is 11.4 Å². The minimum absolute atomic E-state index is 0.0454. The molecule has 1 heterocycles. The Balaban J connectivity index is 2.83. The minimum Gasteiger partial charge on any atom is -0.391 e. The summed E-state index contributed by atoms with van der Waals surface area (Å²) < 4.78 is 0. The van der Waals surface area contributed by atoms with Gasteiger partial charge in [-0.2, -0.15) is 0 Å². The van der Waals surface area contributed by atoms with Gasteiger partial charge >= 0.3 is 0 Å². The summed E-state index contributed by atoms with van der Waals surface area (Å²) in [4.78, 5) is 0.981. The Hall–Kier alpha value is -0.380. The first-order valence-electron chi connectivity index (χ1n) is 4.39. The van der Waals surface area contributed by atoms with Crippen LogP contribution in [-0.4, -0.2) is 5.11 Å². The second-order valence-electron chi connectivity index (χ2n) is 4.35. The molecule has 3 heteroatoms. The van der Waals surface area contributed by atoms with E-state index in [-0.39, 0.29) is 18.1 Å². The van der Waals surface area contributed by atoms with Gasteiger partial charge in [0.2, 0.25) is 0 Å². The third-order valence-electron chi connectivity index (χ3n) is 2.12. The molecule has 2 nitrogen and oxygen atoms in total. The van der Waals surface area contributed by atoms with Crippen molar-refractivity contribution in [1.29, 1.82) is 0 Å². The molecule has 0 spiro atoms. The zero-order valence-corrected chi connectivity index (χ0v) is 9.19. The zero-order valence-electron chi connectivity index (χ0n) is 8.37. The monoisotopic (exact) mass is 199 g/mol. The molecule has 0 saturated carbocycles. The lowest BCUT2D eigenvalue weighted by molar-refractivity contribution is 0.285. The molecule has 3 N–H and O–H groups in total. The highest BCUT2D eigenvalue weighted by atomic mass is 32.1. The lowest BCUT2D eigenvalue weighted by atomic mass is 9.84. The van der Waals surface area contributed by atoms with Crippen LogP contribution in [0, 0.1) is 5.41 Å². The lowest BCUT2D eigenvalue weighted by Gasteiger charge is -2.26. The van der Waals surface area contributed by atoms with Crippen molar-refractivity contribution >= 4 is 11.3 Å². The lowest BCUT2D eigenvalue weighted by Crippen LogP contribution is -2.25. The molecule has 74 valence electrons. The van der Waals surface area contributed by atoms with Crippen molar-refractivity contribution in [3.8, 4) is 0 Å². The SMILES string of the molecule is CC(C)(C)[C@H](N)c1csc(CO)c1. The van der Waals surface area contributed by atoms with E-state index < -0.39 is 0 Å². The third kappa shape index (κ3) is 2.53. The molecule has 1 aromatic heterocycles. The Kier molecular flexibility index (Phi) is 3.11. The number of hydrogen-bond acceptors (Lipinski definition) is 3. The first-order valence-corrected chi connectivity index (χ1v) is 5.27. The van der Waals surface area contributed by atoms with Crippen LogP contribution < -0.4 is 5.73 Å². The van der Waals surface area contributed by atoms with E-state index in [4.69, 9.17) is 10.8 Å². The summed E-state index contributed by atoms with van der Waals surface area (Å²) >= 11 is 1.56. The van der Waals surface area contributed by atoms with Crippen LogP contribution in [0.5, 0.6) is 0 Å². The van der Waals surface area contributed by atoms with Gasteiger partial charge < -0.3 is 10.8 Å². The summed E-state index contributed by atoms with van der Waals surface area (Å²) in [6.45, 7) is 6.47. The van der Waals surface area contributed by atoms with Gasteiger partial charge in [0.05, 0.1) is 6.61 Å². The maximum Gasteiger partial charge on any atom is 0.0774 e. The number of rotatable bonds is 2. The van der Waals surface area contributed by atoms with Crippen molar-refractivity contribution in [2.45, 2.75) is 33.4 Å². The van der Waals surface area contributed by atoms with Crippen LogP contribution >= 0.6 is 11.3 Å². The number of hydrogen-bond donors (Lipinski definition) is 2. The van der Waals surface area contributed by atoms with Gasteiger partial charge in [0, 0.05) is 10.9 Å². The zero-order chi connectivity index (χ0) is 10.1. The van der Waals surface area contributed by atoms with Crippen LogP contribution in [0.25, 0.3) is 0 Å². The number of aliphatic hydroxyl groups is 1. The second kappa shape index (κ2) is 3.78. The molecular weight excluding hydrogens is 182 g/mol. The van der Waals surface area contributed by atoms with Crippen molar-refractivity contribution in [2.75, 3.05) is 0 Å². The molecule has 0 amide bonds. The van der Waals surface area contributed by atoms with Gasteiger partial charge in [-0.1, -0.05) is 20.8 Å². The van der Waals surface area contributed by atoms with Crippen molar-refractivity contribution in [3.05, 3.63) is 21.9 Å². The molecule has 0 aliphatic rings. The van der Waals surface area contributed by atoms with Gasteiger partial charge in [0.15, 0.2) is 0 Å². The van der Waals surface area contributed by atoms with E-state index >= 15 is 0 Å². The van der Waals surface area contributed by atoms with Gasteiger partial charge in [-0.15, -0.1) is 11.3 Å². The van der Waals surface area contributed by atoms with Crippen LogP contribution in [0.3, 0.4) is 0 Å². The summed E-state index contributed by atoms with van der Waals surface area (Å²) in [5.41, 5.74) is 7.27. The fraction of sp³-hybridized carbons (Fsp3) is 0.600. The maximum atomic E-state index is 8.91. The highest BCUT2D eigenvalue weighted by Crippen LogP contribution is 2.32. The summed E-state index contributed by atoms with van der Waals surface area (Å²) in [6, 6.07) is 2.03. The molecular formula is C10H17NOS. The molecule has 0 saturated heterocycles. The van der Waals surface area contributed by atoms with Crippen LogP contribution in [0.1, 0.15) is 37.3 Å². The normalized spacial score (nSPS) is 14.5. The predicted octanol–water partition coefficient (Wildman–Crippen LogP) is 2.29. The topological polar surface area (TPSA) is 46.2 Å². The maximum absolute atomic E-state index is 8.91. The number of nitrogens with two attached hydrogens (primary N) is 1. The van der Waals surface area contributed by atoms with E-state index in [0.29, 0.717) is 0 Å². The Morgan fingerprint density at radius 2 is 2.15 bits per heavy atom. The first kappa shape index (κ1) is 10.7. The molecule has 1 atom stereocenters. The van der Waals surface area contributed by atoms with E-state index in [2.05, 4.69) is 20.8 Å². The van der Waals surface area contributed by atoms with Gasteiger partial charge in [-0.3, -0.25) is 0 Å². The van der Waals surface area contributed by atoms with Crippen molar-refractivity contribution in [3.63, 3.8) is 0 Å². The van der Waals surface area contributed by atoms with Crippen molar-refractivity contribution < 1.29 is 5.11 Å². The molecule has 0 bridgehead atoms. The molecule has 1 aromatic rings. The molecule has 0 aromatic carbocycles. The highest BCUT2D eigenvalue weighted by Gasteiger charge is 2.22. The fourth-order valence-corrected chi connectivity index (χ4v) is 1.92. The first-order chi connectivity index (χ1) is 5.95. The quantitative estimate of drug-likeness (QED) is 0.767. The fourth-order valence-electron chi connectivity index (χ4n) is 1.14. The molecule has 0 radical (unpaired) electrons. The summed E-state index contributed by atoms with van der Waals surface area (Å²) in [6.07, 6.45) is 0. The smallest absolute Gasteiger partial charge is 0.0774 e. The largest absolute Gasteiger partial charge is 0.391 e. The molecule has 0 aliphatic heterocycles. The van der Waals surface area contributed by atoms with Crippen LogP contribution in [-0.2, 0) is 6.61 Å². The van der Waals surface area contributed by atoms with Gasteiger partial charge in [0.1, 0.15) is 0 Å². The van der Waals surface area contributed by atoms with Gasteiger partial charge in [-0.05, 0) is 22.4 Å². The standard InChI is InChI=1S/C10H17NOS/c1-10(2,3)9(11)7-4-8(5-12)13-6-7/h4,6,9,12H,5,11H2,1-3H3/t9-/m1/s1. The number of aliphatic hydroxyl groups excluding tert-OH is 1. The van der Waals surface area contributed by atoms with Gasteiger partial charge in [-0.25, -0.2) is 0 Å². The average Bonchev–Trinajstić information content (AvgIpc) is 2.48. The Morgan fingerprint density at radius 3 is 2.54 bits per heavy atom. The van der Waals surface area contributed by atoms with Gasteiger partial charge in [0.25, 0.3) is 0 Å². The molecule has 0 unspecified atom stereocenters. The van der Waals surface area contributed by atoms with Crippen molar-refractivity contribution in [1.82, 2.24) is 0 Å². The summed E-state index contributed by atoms with van der Waals surface area (Å²) in [5, 5.41) is 10.9.